The summed E-state index contributed by atoms with van der Waals surface area (Å²) in [6.07, 6.45) is 9.41. The molecule has 3 nitrogen and oxygen atoms in total. The summed E-state index contributed by atoms with van der Waals surface area (Å²) < 4.78 is 0. The number of terminal acetylenes is 1. The highest BCUT2D eigenvalue weighted by atomic mass is 16.1. The molecule has 0 aromatic carbocycles. The summed E-state index contributed by atoms with van der Waals surface area (Å²) in [6.45, 7) is 1.93. The predicted molar refractivity (Wildman–Crippen MR) is 56.7 cm³/mol. The lowest BCUT2D eigenvalue weighted by Gasteiger charge is -2.10. The molecule has 1 amide bonds. The van der Waals surface area contributed by atoms with Gasteiger partial charge in [0.1, 0.15) is 0 Å². The quantitative estimate of drug-likeness (QED) is 0.498. The summed E-state index contributed by atoms with van der Waals surface area (Å²) >= 11 is 0. The average Bonchev–Trinajstić information content (AvgIpc) is 2.65. The maximum Gasteiger partial charge on any atom is 0.220 e. The molecular formula is C11H18N2O. The topological polar surface area (TPSA) is 41.1 Å². The number of carbonyl (C=O) groups is 1. The van der Waals surface area contributed by atoms with Gasteiger partial charge in [0, 0.05) is 25.4 Å². The second-order valence-electron chi connectivity index (χ2n) is 3.67. The van der Waals surface area contributed by atoms with Gasteiger partial charge in [-0.2, -0.15) is 0 Å². The molecule has 1 aliphatic rings. The molecule has 0 radical (unpaired) electrons. The first-order valence-corrected chi connectivity index (χ1v) is 5.26. The lowest BCUT2D eigenvalue weighted by molar-refractivity contribution is -0.121. The second kappa shape index (κ2) is 6.44. The third-order valence-electron chi connectivity index (χ3n) is 2.40. The van der Waals surface area contributed by atoms with Crippen molar-refractivity contribution in [2.75, 3.05) is 13.1 Å². The fraction of sp³-hybridized carbons (Fsp3) is 0.727. The first kappa shape index (κ1) is 11.1. The first-order chi connectivity index (χ1) is 6.83. The van der Waals surface area contributed by atoms with Crippen LogP contribution in [0, 0.1) is 12.3 Å². The molecule has 0 aromatic heterocycles. The van der Waals surface area contributed by atoms with Crippen molar-refractivity contribution in [2.24, 2.45) is 0 Å². The summed E-state index contributed by atoms with van der Waals surface area (Å²) in [5, 5.41) is 6.22. The van der Waals surface area contributed by atoms with Crippen molar-refractivity contribution in [3.8, 4) is 12.3 Å². The van der Waals surface area contributed by atoms with Crippen molar-refractivity contribution in [3.05, 3.63) is 0 Å². The third-order valence-corrected chi connectivity index (χ3v) is 2.40. The molecule has 0 bridgehead atoms. The van der Waals surface area contributed by atoms with Gasteiger partial charge < -0.3 is 10.6 Å². The van der Waals surface area contributed by atoms with Crippen molar-refractivity contribution in [1.29, 1.82) is 0 Å². The van der Waals surface area contributed by atoms with Gasteiger partial charge in [-0.25, -0.2) is 0 Å². The molecule has 1 saturated heterocycles. The summed E-state index contributed by atoms with van der Waals surface area (Å²) in [7, 11) is 0. The molecule has 0 spiro atoms. The van der Waals surface area contributed by atoms with Crippen LogP contribution in [0.2, 0.25) is 0 Å². The molecule has 0 aromatic rings. The minimum Gasteiger partial charge on any atom is -0.352 e. The van der Waals surface area contributed by atoms with Crippen LogP contribution in [0.15, 0.2) is 0 Å². The highest BCUT2D eigenvalue weighted by molar-refractivity contribution is 5.76. The van der Waals surface area contributed by atoms with E-state index < -0.39 is 0 Å². The van der Waals surface area contributed by atoms with Gasteiger partial charge in [-0.05, 0) is 25.8 Å². The summed E-state index contributed by atoms with van der Waals surface area (Å²) in [5.41, 5.74) is 0. The Hall–Kier alpha value is -1.01. The number of hydrogen-bond acceptors (Lipinski definition) is 2. The van der Waals surface area contributed by atoms with Crippen LogP contribution in [0.25, 0.3) is 0 Å². The molecule has 3 heteroatoms. The van der Waals surface area contributed by atoms with Crippen LogP contribution >= 0.6 is 0 Å². The highest BCUT2D eigenvalue weighted by Crippen LogP contribution is 2.01. The van der Waals surface area contributed by atoms with E-state index in [2.05, 4.69) is 16.6 Å². The van der Waals surface area contributed by atoms with Crippen LogP contribution in [0.5, 0.6) is 0 Å². The Morgan fingerprint density at radius 1 is 1.57 bits per heavy atom. The van der Waals surface area contributed by atoms with E-state index in [1.165, 1.54) is 0 Å². The summed E-state index contributed by atoms with van der Waals surface area (Å²) in [5.74, 6) is 2.74. The fourth-order valence-electron chi connectivity index (χ4n) is 1.59. The normalized spacial score (nSPS) is 20.4. The van der Waals surface area contributed by atoms with E-state index in [4.69, 9.17) is 6.42 Å². The van der Waals surface area contributed by atoms with E-state index in [1.807, 2.05) is 0 Å². The van der Waals surface area contributed by atoms with Crippen LogP contribution in [0.1, 0.15) is 32.1 Å². The second-order valence-corrected chi connectivity index (χ2v) is 3.67. The van der Waals surface area contributed by atoms with Gasteiger partial charge >= 0.3 is 0 Å². The fourth-order valence-corrected chi connectivity index (χ4v) is 1.59. The van der Waals surface area contributed by atoms with Gasteiger partial charge in [0.2, 0.25) is 5.91 Å². The van der Waals surface area contributed by atoms with Gasteiger partial charge in [-0.15, -0.1) is 12.3 Å². The van der Waals surface area contributed by atoms with Crippen LogP contribution in [-0.4, -0.2) is 25.0 Å². The van der Waals surface area contributed by atoms with Gasteiger partial charge in [-0.1, -0.05) is 0 Å². The van der Waals surface area contributed by atoms with E-state index in [9.17, 15) is 4.79 Å². The monoisotopic (exact) mass is 194 g/mol. The van der Waals surface area contributed by atoms with Crippen LogP contribution in [-0.2, 0) is 4.79 Å². The van der Waals surface area contributed by atoms with Gasteiger partial charge in [0.25, 0.3) is 0 Å². The van der Waals surface area contributed by atoms with E-state index in [-0.39, 0.29) is 5.91 Å². The third kappa shape index (κ3) is 4.29. The summed E-state index contributed by atoms with van der Waals surface area (Å²) in [4.78, 5) is 11.4. The molecule has 1 aliphatic heterocycles. The minimum atomic E-state index is 0.163. The van der Waals surface area contributed by atoms with E-state index in [0.29, 0.717) is 12.5 Å². The molecule has 78 valence electrons. The molecule has 2 N–H and O–H groups in total. The number of rotatable bonds is 5. The van der Waals surface area contributed by atoms with E-state index in [0.717, 1.165) is 38.8 Å². The Labute approximate surface area is 85.6 Å². The molecule has 1 atom stereocenters. The largest absolute Gasteiger partial charge is 0.352 e. The molecule has 1 heterocycles. The van der Waals surface area contributed by atoms with Crippen LogP contribution in [0.4, 0.5) is 0 Å². The highest BCUT2D eigenvalue weighted by Gasteiger charge is 2.15. The van der Waals surface area contributed by atoms with E-state index >= 15 is 0 Å². The molecule has 0 aliphatic carbocycles. The molecule has 1 unspecified atom stereocenters. The van der Waals surface area contributed by atoms with Crippen molar-refractivity contribution in [3.63, 3.8) is 0 Å². The number of hydrogen-bond donors (Lipinski definition) is 2. The molecular weight excluding hydrogens is 176 g/mol. The number of unbranched alkanes of at least 4 members (excludes halogenated alkanes) is 2. The Kier molecular flexibility index (Phi) is 5.09. The lowest BCUT2D eigenvalue weighted by atomic mass is 10.2. The molecule has 1 rings (SSSR count). The van der Waals surface area contributed by atoms with Crippen molar-refractivity contribution in [1.82, 2.24) is 10.6 Å². The average molecular weight is 194 g/mol. The maximum absolute atomic E-state index is 11.4. The molecule has 0 saturated carbocycles. The van der Waals surface area contributed by atoms with Crippen molar-refractivity contribution in [2.45, 2.75) is 38.1 Å². The Morgan fingerprint density at radius 3 is 3.07 bits per heavy atom. The Balaban J connectivity index is 2.01. The van der Waals surface area contributed by atoms with Gasteiger partial charge in [0.05, 0.1) is 0 Å². The zero-order chi connectivity index (χ0) is 10.2. The predicted octanol–water partition coefficient (Wildman–Crippen LogP) is 0.658. The Bertz CT molecular complexity index is 214. The van der Waals surface area contributed by atoms with Crippen molar-refractivity contribution < 1.29 is 4.79 Å². The Morgan fingerprint density at radius 2 is 2.43 bits per heavy atom. The SMILES string of the molecule is C#CCCCCC(=O)NC1CCNC1. The van der Waals surface area contributed by atoms with E-state index in [1.54, 1.807) is 0 Å². The van der Waals surface area contributed by atoms with Crippen LogP contribution < -0.4 is 10.6 Å². The lowest BCUT2D eigenvalue weighted by Crippen LogP contribution is -2.35. The van der Waals surface area contributed by atoms with Crippen LogP contribution in [0.3, 0.4) is 0 Å². The number of amides is 1. The summed E-state index contributed by atoms with van der Waals surface area (Å²) in [6, 6.07) is 0.343. The molecule has 1 fully saturated rings. The van der Waals surface area contributed by atoms with Gasteiger partial charge in [-0.3, -0.25) is 4.79 Å². The zero-order valence-electron chi connectivity index (χ0n) is 8.51. The maximum atomic E-state index is 11.4. The van der Waals surface area contributed by atoms with Crippen molar-refractivity contribution >= 4 is 5.91 Å². The first-order valence-electron chi connectivity index (χ1n) is 5.26. The zero-order valence-corrected chi connectivity index (χ0v) is 8.51. The number of nitrogens with one attached hydrogen (secondary N) is 2. The smallest absolute Gasteiger partial charge is 0.220 e. The van der Waals surface area contributed by atoms with Gasteiger partial charge in [0.15, 0.2) is 0 Å². The number of carbonyl (C=O) groups excluding carboxylic acids is 1. The minimum absolute atomic E-state index is 0.163. The standard InChI is InChI=1S/C11H18N2O/c1-2-3-4-5-6-11(14)13-10-7-8-12-9-10/h1,10,12H,3-9H2,(H,13,14). The molecule has 14 heavy (non-hydrogen) atoms.